The lowest BCUT2D eigenvalue weighted by Crippen LogP contribution is -2.40. The normalized spacial score (nSPS) is 9.86. The summed E-state index contributed by atoms with van der Waals surface area (Å²) in [4.78, 5) is 32.9. The second-order valence-electron chi connectivity index (χ2n) is 3.18. The topological polar surface area (TPSA) is 59.1 Å². The zero-order chi connectivity index (χ0) is 11.3. The van der Waals surface area contributed by atoms with Gasteiger partial charge in [-0.3, -0.25) is 0 Å². The second-order valence-corrected chi connectivity index (χ2v) is 3.18. The van der Waals surface area contributed by atoms with Crippen LogP contribution < -0.4 is 0 Å². The van der Waals surface area contributed by atoms with Gasteiger partial charge in [0.25, 0.3) is 0 Å². The Morgan fingerprint density at radius 3 is 2.00 bits per heavy atom. The van der Waals surface area contributed by atoms with Crippen LogP contribution in [0.15, 0.2) is 0 Å². The zero-order valence-corrected chi connectivity index (χ0v) is 9.10. The molecule has 0 bridgehead atoms. The van der Waals surface area contributed by atoms with Gasteiger partial charge in [-0.25, -0.2) is 14.4 Å². The molecule has 6 heteroatoms. The molecule has 0 aliphatic heterocycles. The van der Waals surface area contributed by atoms with E-state index >= 15 is 0 Å². The molecular weight excluding hydrogens is 188 g/mol. The summed E-state index contributed by atoms with van der Waals surface area (Å²) in [6, 6.07) is -0.554. The molecule has 0 rings (SSSR count). The molecule has 82 valence electrons. The van der Waals surface area contributed by atoms with E-state index in [9.17, 15) is 9.59 Å². The molecular formula is C8H16N2O4. The van der Waals surface area contributed by atoms with Crippen molar-refractivity contribution >= 4 is 12.0 Å². The smallest absolute Gasteiger partial charge is 0.326 e. The van der Waals surface area contributed by atoms with Crippen molar-refractivity contribution in [2.45, 2.75) is 13.8 Å². The molecule has 2 amide bonds. The molecule has 0 radical (unpaired) electrons. The van der Waals surface area contributed by atoms with Crippen molar-refractivity contribution in [1.29, 1.82) is 0 Å². The van der Waals surface area contributed by atoms with E-state index in [2.05, 4.69) is 9.68 Å². The lowest BCUT2D eigenvalue weighted by atomic mass is 10.2. The number of carbonyl (C=O) groups is 2. The van der Waals surface area contributed by atoms with Crippen LogP contribution in [0.2, 0.25) is 0 Å². The van der Waals surface area contributed by atoms with Gasteiger partial charge in [-0.15, -0.1) is 0 Å². The highest BCUT2D eigenvalue weighted by atomic mass is 17.0. The molecule has 0 aromatic rings. The Bertz CT molecular complexity index is 215. The molecule has 0 aromatic heterocycles. The first-order valence-corrected chi connectivity index (χ1v) is 4.17. The quantitative estimate of drug-likeness (QED) is 0.619. The SMILES string of the molecule is CON(OC(=O)C(C)C)C(=O)N(C)C. The number of nitrogens with zero attached hydrogens (tertiary/aromatic N) is 2. The minimum atomic E-state index is -0.554. The van der Waals surface area contributed by atoms with Crippen LogP contribution in [0.4, 0.5) is 4.79 Å². The molecule has 0 aliphatic rings. The lowest BCUT2D eigenvalue weighted by Gasteiger charge is -2.21. The third kappa shape index (κ3) is 3.61. The van der Waals surface area contributed by atoms with Gasteiger partial charge in [-0.1, -0.05) is 13.8 Å². The molecule has 0 saturated heterocycles. The van der Waals surface area contributed by atoms with Crippen molar-refractivity contribution in [1.82, 2.24) is 10.1 Å². The van der Waals surface area contributed by atoms with E-state index in [0.717, 1.165) is 0 Å². The maximum absolute atomic E-state index is 11.3. The Kier molecular flexibility index (Phi) is 4.93. The molecule has 0 spiro atoms. The summed E-state index contributed by atoms with van der Waals surface area (Å²) in [7, 11) is 4.30. The Hall–Kier alpha value is -1.30. The number of rotatable bonds is 2. The summed E-state index contributed by atoms with van der Waals surface area (Å²) in [6.45, 7) is 3.33. The molecule has 0 aliphatic carbocycles. The molecule has 0 aromatic carbocycles. The van der Waals surface area contributed by atoms with E-state index in [1.165, 1.54) is 26.1 Å². The van der Waals surface area contributed by atoms with Gasteiger partial charge in [0.1, 0.15) is 0 Å². The van der Waals surface area contributed by atoms with Gasteiger partial charge in [0, 0.05) is 14.1 Å². The van der Waals surface area contributed by atoms with Crippen LogP contribution in [0.1, 0.15) is 13.8 Å². The molecule has 6 nitrogen and oxygen atoms in total. The monoisotopic (exact) mass is 204 g/mol. The van der Waals surface area contributed by atoms with Crippen LogP contribution in [-0.4, -0.2) is 43.3 Å². The Morgan fingerprint density at radius 2 is 1.71 bits per heavy atom. The Morgan fingerprint density at radius 1 is 1.21 bits per heavy atom. The number of hydrogen-bond acceptors (Lipinski definition) is 4. The average molecular weight is 204 g/mol. The average Bonchev–Trinajstić information content (AvgIpc) is 2.12. The van der Waals surface area contributed by atoms with Crippen molar-refractivity contribution in [2.75, 3.05) is 21.2 Å². The highest BCUT2D eigenvalue weighted by Gasteiger charge is 2.21. The van der Waals surface area contributed by atoms with Crippen molar-refractivity contribution < 1.29 is 19.3 Å². The van der Waals surface area contributed by atoms with Crippen LogP contribution in [0.5, 0.6) is 0 Å². The predicted molar refractivity (Wildman–Crippen MR) is 48.9 cm³/mol. The first kappa shape index (κ1) is 12.7. The van der Waals surface area contributed by atoms with Gasteiger partial charge in [0.15, 0.2) is 0 Å². The largest absolute Gasteiger partial charge is 0.379 e. The van der Waals surface area contributed by atoms with E-state index < -0.39 is 12.0 Å². The van der Waals surface area contributed by atoms with E-state index in [-0.39, 0.29) is 5.92 Å². The van der Waals surface area contributed by atoms with Crippen molar-refractivity contribution in [3.63, 3.8) is 0 Å². The maximum Gasteiger partial charge on any atom is 0.379 e. The molecule has 0 fully saturated rings. The van der Waals surface area contributed by atoms with Gasteiger partial charge >= 0.3 is 12.0 Å². The van der Waals surface area contributed by atoms with Crippen LogP contribution in [0, 0.1) is 5.92 Å². The third-order valence-electron chi connectivity index (χ3n) is 1.35. The van der Waals surface area contributed by atoms with E-state index in [1.807, 2.05) is 0 Å². The van der Waals surface area contributed by atoms with Gasteiger partial charge < -0.3 is 9.74 Å². The van der Waals surface area contributed by atoms with Crippen LogP contribution >= 0.6 is 0 Å². The Labute approximate surface area is 83.3 Å². The minimum absolute atomic E-state index is 0.317. The molecule has 0 heterocycles. The molecule has 0 atom stereocenters. The maximum atomic E-state index is 11.3. The summed E-state index contributed by atoms with van der Waals surface area (Å²) in [5, 5.41) is 0.544. The first-order chi connectivity index (χ1) is 6.40. The lowest BCUT2D eigenvalue weighted by molar-refractivity contribution is -0.299. The molecule has 0 N–H and O–H groups in total. The molecule has 0 saturated carbocycles. The summed E-state index contributed by atoms with van der Waals surface area (Å²) in [5.74, 6) is -0.843. The van der Waals surface area contributed by atoms with Gasteiger partial charge in [0.05, 0.1) is 13.0 Å². The van der Waals surface area contributed by atoms with Gasteiger partial charge in [-0.2, -0.15) is 0 Å². The highest BCUT2D eigenvalue weighted by molar-refractivity contribution is 5.76. The fraction of sp³-hybridized carbons (Fsp3) is 0.750. The fourth-order valence-corrected chi connectivity index (χ4v) is 0.505. The number of carbonyl (C=O) groups excluding carboxylic acids is 2. The van der Waals surface area contributed by atoms with Gasteiger partial charge in [-0.05, 0) is 5.23 Å². The van der Waals surface area contributed by atoms with E-state index in [1.54, 1.807) is 13.8 Å². The number of hydroxylamine groups is 2. The minimum Gasteiger partial charge on any atom is -0.326 e. The number of urea groups is 1. The fourth-order valence-electron chi connectivity index (χ4n) is 0.505. The van der Waals surface area contributed by atoms with Crippen LogP contribution in [-0.2, 0) is 14.5 Å². The van der Waals surface area contributed by atoms with Crippen molar-refractivity contribution in [3.05, 3.63) is 0 Å². The van der Waals surface area contributed by atoms with Crippen LogP contribution in [0.3, 0.4) is 0 Å². The Balaban J connectivity index is 4.30. The molecule has 14 heavy (non-hydrogen) atoms. The summed E-state index contributed by atoms with van der Waals surface area (Å²) in [5.41, 5.74) is 0. The third-order valence-corrected chi connectivity index (χ3v) is 1.35. The van der Waals surface area contributed by atoms with Crippen molar-refractivity contribution in [2.24, 2.45) is 5.92 Å². The molecule has 0 unspecified atom stereocenters. The van der Waals surface area contributed by atoms with Crippen LogP contribution in [0.25, 0.3) is 0 Å². The number of amides is 2. The van der Waals surface area contributed by atoms with Crippen molar-refractivity contribution in [3.8, 4) is 0 Å². The van der Waals surface area contributed by atoms with E-state index in [4.69, 9.17) is 0 Å². The number of hydrogen-bond donors (Lipinski definition) is 0. The zero-order valence-electron chi connectivity index (χ0n) is 9.10. The first-order valence-electron chi connectivity index (χ1n) is 4.17. The standard InChI is InChI=1S/C8H16N2O4/c1-6(2)7(11)14-10(13-5)8(12)9(3)4/h6H,1-5H3. The highest BCUT2D eigenvalue weighted by Crippen LogP contribution is 2.02. The van der Waals surface area contributed by atoms with E-state index in [0.29, 0.717) is 5.23 Å². The summed E-state index contributed by atoms with van der Waals surface area (Å²) < 4.78 is 0. The summed E-state index contributed by atoms with van der Waals surface area (Å²) >= 11 is 0. The second kappa shape index (κ2) is 5.43. The summed E-state index contributed by atoms with van der Waals surface area (Å²) in [6.07, 6.45) is 0. The predicted octanol–water partition coefficient (Wildman–Crippen LogP) is 0.646. The van der Waals surface area contributed by atoms with Gasteiger partial charge in [0.2, 0.25) is 0 Å².